The van der Waals surface area contributed by atoms with Crippen LogP contribution in [-0.4, -0.2) is 26.7 Å². The SMILES string of the molecule is CC(CO)SCc1cnn(-c2ccccc2)c1. The molecule has 2 aromatic rings. The van der Waals surface area contributed by atoms with Crippen LogP contribution in [0, 0.1) is 0 Å². The van der Waals surface area contributed by atoms with E-state index in [4.69, 9.17) is 5.11 Å². The summed E-state index contributed by atoms with van der Waals surface area (Å²) in [5, 5.41) is 13.6. The fraction of sp³-hybridized carbons (Fsp3) is 0.308. The molecule has 0 amide bonds. The Morgan fingerprint density at radius 3 is 2.82 bits per heavy atom. The first-order chi connectivity index (χ1) is 8.29. The first-order valence-electron chi connectivity index (χ1n) is 5.61. The standard InChI is InChI=1S/C13H16N2OS/c1-11(9-16)17-10-12-7-14-15(8-12)13-5-3-2-4-6-13/h2-8,11,16H,9-10H2,1H3. The Hall–Kier alpha value is -1.26. The summed E-state index contributed by atoms with van der Waals surface area (Å²) in [6.45, 7) is 2.24. The number of aliphatic hydroxyl groups excluding tert-OH is 1. The highest BCUT2D eigenvalue weighted by molar-refractivity contribution is 7.99. The van der Waals surface area contributed by atoms with Crippen LogP contribution >= 0.6 is 11.8 Å². The minimum Gasteiger partial charge on any atom is -0.395 e. The summed E-state index contributed by atoms with van der Waals surface area (Å²) in [7, 11) is 0. The van der Waals surface area contributed by atoms with Crippen LogP contribution < -0.4 is 0 Å². The van der Waals surface area contributed by atoms with Crippen LogP contribution in [0.5, 0.6) is 0 Å². The zero-order valence-electron chi connectivity index (χ0n) is 9.78. The summed E-state index contributed by atoms with van der Waals surface area (Å²) in [4.78, 5) is 0. The predicted molar refractivity (Wildman–Crippen MR) is 71.4 cm³/mol. The highest BCUT2D eigenvalue weighted by atomic mass is 32.2. The van der Waals surface area contributed by atoms with Crippen molar-refractivity contribution in [1.82, 2.24) is 9.78 Å². The van der Waals surface area contributed by atoms with E-state index in [0.29, 0.717) is 0 Å². The predicted octanol–water partition coefficient (Wildman–Crippen LogP) is 2.49. The van der Waals surface area contributed by atoms with Crippen LogP contribution in [0.25, 0.3) is 5.69 Å². The maximum Gasteiger partial charge on any atom is 0.0645 e. The molecule has 3 nitrogen and oxygen atoms in total. The first kappa shape index (κ1) is 12.2. The lowest BCUT2D eigenvalue weighted by Gasteiger charge is -2.05. The maximum absolute atomic E-state index is 8.95. The monoisotopic (exact) mass is 248 g/mol. The molecule has 0 aliphatic carbocycles. The van der Waals surface area contributed by atoms with E-state index in [9.17, 15) is 0 Å². The lowest BCUT2D eigenvalue weighted by Crippen LogP contribution is -2.01. The van der Waals surface area contributed by atoms with Crippen molar-refractivity contribution in [3.63, 3.8) is 0 Å². The molecule has 0 radical (unpaired) electrons. The molecular weight excluding hydrogens is 232 g/mol. The van der Waals surface area contributed by atoms with Gasteiger partial charge in [0.2, 0.25) is 0 Å². The second kappa shape index (κ2) is 5.89. The normalized spacial score (nSPS) is 12.6. The average Bonchev–Trinajstić information content (AvgIpc) is 2.86. The van der Waals surface area contributed by atoms with Crippen molar-refractivity contribution >= 4 is 11.8 Å². The number of para-hydroxylation sites is 1. The van der Waals surface area contributed by atoms with E-state index in [1.807, 2.05) is 54.3 Å². The molecule has 0 saturated carbocycles. The molecule has 1 heterocycles. The van der Waals surface area contributed by atoms with E-state index in [1.165, 1.54) is 5.56 Å². The Balaban J connectivity index is 2.01. The second-order valence-corrected chi connectivity index (χ2v) is 5.36. The minimum absolute atomic E-state index is 0.220. The third-order valence-corrected chi connectivity index (χ3v) is 3.67. The molecule has 1 atom stereocenters. The fourth-order valence-electron chi connectivity index (χ4n) is 1.45. The van der Waals surface area contributed by atoms with E-state index in [-0.39, 0.29) is 11.9 Å². The molecule has 1 aromatic carbocycles. The van der Waals surface area contributed by atoms with Gasteiger partial charge < -0.3 is 5.11 Å². The molecule has 2 rings (SSSR count). The van der Waals surface area contributed by atoms with Crippen molar-refractivity contribution in [2.24, 2.45) is 0 Å². The van der Waals surface area contributed by atoms with E-state index in [2.05, 4.69) is 5.10 Å². The molecule has 1 N–H and O–H groups in total. The number of benzene rings is 1. The van der Waals surface area contributed by atoms with Gasteiger partial charge in [-0.3, -0.25) is 0 Å². The van der Waals surface area contributed by atoms with Crippen molar-refractivity contribution in [2.45, 2.75) is 17.9 Å². The third-order valence-electron chi connectivity index (χ3n) is 2.45. The fourth-order valence-corrected chi connectivity index (χ4v) is 2.18. The van der Waals surface area contributed by atoms with Gasteiger partial charge >= 0.3 is 0 Å². The Morgan fingerprint density at radius 1 is 1.35 bits per heavy atom. The summed E-state index contributed by atoms with van der Waals surface area (Å²) in [5.74, 6) is 0.883. The number of hydrogen-bond acceptors (Lipinski definition) is 3. The van der Waals surface area contributed by atoms with Crippen LogP contribution in [0.3, 0.4) is 0 Å². The minimum atomic E-state index is 0.220. The van der Waals surface area contributed by atoms with Gasteiger partial charge in [0.15, 0.2) is 0 Å². The molecule has 1 aromatic heterocycles. The van der Waals surface area contributed by atoms with Gasteiger partial charge in [-0.15, -0.1) is 0 Å². The second-order valence-electron chi connectivity index (χ2n) is 3.93. The van der Waals surface area contributed by atoms with Gasteiger partial charge in [0, 0.05) is 22.8 Å². The van der Waals surface area contributed by atoms with Crippen molar-refractivity contribution < 1.29 is 5.11 Å². The van der Waals surface area contributed by atoms with E-state index in [1.54, 1.807) is 11.8 Å². The van der Waals surface area contributed by atoms with Crippen LogP contribution in [-0.2, 0) is 5.75 Å². The molecule has 0 spiro atoms. The molecule has 90 valence electrons. The molecule has 1 unspecified atom stereocenters. The molecular formula is C13H16N2OS. The summed E-state index contributed by atoms with van der Waals surface area (Å²) in [6.07, 6.45) is 3.91. The van der Waals surface area contributed by atoms with Crippen LogP contribution in [0.15, 0.2) is 42.7 Å². The van der Waals surface area contributed by atoms with E-state index >= 15 is 0 Å². The summed E-state index contributed by atoms with van der Waals surface area (Å²) in [5.41, 5.74) is 2.25. The Bertz CT molecular complexity index is 455. The maximum atomic E-state index is 8.95. The van der Waals surface area contributed by atoms with Gasteiger partial charge in [-0.05, 0) is 12.1 Å². The Kier molecular flexibility index (Phi) is 4.23. The number of aromatic nitrogens is 2. The van der Waals surface area contributed by atoms with Gasteiger partial charge in [-0.2, -0.15) is 16.9 Å². The highest BCUT2D eigenvalue weighted by Crippen LogP contribution is 2.17. The summed E-state index contributed by atoms with van der Waals surface area (Å²) in [6, 6.07) is 10.0. The number of thioether (sulfide) groups is 1. The molecule has 0 saturated heterocycles. The summed E-state index contributed by atoms with van der Waals surface area (Å²) >= 11 is 1.73. The van der Waals surface area contributed by atoms with Gasteiger partial charge in [0.1, 0.15) is 0 Å². The van der Waals surface area contributed by atoms with Crippen molar-refractivity contribution in [2.75, 3.05) is 6.61 Å². The molecule has 17 heavy (non-hydrogen) atoms. The van der Waals surface area contributed by atoms with Crippen molar-refractivity contribution in [3.05, 3.63) is 48.3 Å². The lowest BCUT2D eigenvalue weighted by atomic mass is 10.3. The van der Waals surface area contributed by atoms with Crippen molar-refractivity contribution in [3.8, 4) is 5.69 Å². The van der Waals surface area contributed by atoms with Crippen molar-refractivity contribution in [1.29, 1.82) is 0 Å². The van der Waals surface area contributed by atoms with Gasteiger partial charge in [0.05, 0.1) is 18.5 Å². The molecule has 0 aliphatic heterocycles. The number of nitrogens with zero attached hydrogens (tertiary/aromatic N) is 2. The van der Waals surface area contributed by atoms with E-state index < -0.39 is 0 Å². The van der Waals surface area contributed by atoms with Gasteiger partial charge in [0.25, 0.3) is 0 Å². The average molecular weight is 248 g/mol. The summed E-state index contributed by atoms with van der Waals surface area (Å²) < 4.78 is 1.87. The Morgan fingerprint density at radius 2 is 2.12 bits per heavy atom. The largest absolute Gasteiger partial charge is 0.395 e. The third kappa shape index (κ3) is 3.35. The first-order valence-corrected chi connectivity index (χ1v) is 6.66. The molecule has 0 aliphatic rings. The van der Waals surface area contributed by atoms with Gasteiger partial charge in [-0.25, -0.2) is 4.68 Å². The number of aliphatic hydroxyl groups is 1. The Labute approximate surface area is 105 Å². The lowest BCUT2D eigenvalue weighted by molar-refractivity contribution is 0.300. The number of rotatable bonds is 5. The smallest absolute Gasteiger partial charge is 0.0645 e. The molecule has 4 heteroatoms. The molecule has 0 fully saturated rings. The quantitative estimate of drug-likeness (QED) is 0.883. The van der Waals surface area contributed by atoms with Gasteiger partial charge in [-0.1, -0.05) is 25.1 Å². The zero-order chi connectivity index (χ0) is 12.1. The molecule has 0 bridgehead atoms. The zero-order valence-corrected chi connectivity index (χ0v) is 10.6. The van der Waals surface area contributed by atoms with Crippen LogP contribution in [0.1, 0.15) is 12.5 Å². The number of hydrogen-bond donors (Lipinski definition) is 1. The van der Waals surface area contributed by atoms with E-state index in [0.717, 1.165) is 11.4 Å². The van der Waals surface area contributed by atoms with Crippen LogP contribution in [0.2, 0.25) is 0 Å². The highest BCUT2D eigenvalue weighted by Gasteiger charge is 2.04. The van der Waals surface area contributed by atoms with Crippen LogP contribution in [0.4, 0.5) is 0 Å². The topological polar surface area (TPSA) is 38.1 Å².